The van der Waals surface area contributed by atoms with Gasteiger partial charge in [0.2, 0.25) is 10.0 Å². The summed E-state index contributed by atoms with van der Waals surface area (Å²) in [5.41, 5.74) is 2.84. The minimum Gasteiger partial charge on any atom is -0.378 e. The highest BCUT2D eigenvalue weighted by molar-refractivity contribution is 7.92. The molecule has 8 heteroatoms. The normalized spacial score (nSPS) is 14.5. The summed E-state index contributed by atoms with van der Waals surface area (Å²) in [7, 11) is -3.34. The molecular formula is C21H27N3O4S. The Kier molecular flexibility index (Phi) is 6.76. The first kappa shape index (κ1) is 21.1. The van der Waals surface area contributed by atoms with E-state index in [9.17, 15) is 13.2 Å². The van der Waals surface area contributed by atoms with Gasteiger partial charge in [0, 0.05) is 36.6 Å². The number of nitrogens with zero attached hydrogens (tertiary/aromatic N) is 2. The number of carbonyl (C=O) groups is 1. The van der Waals surface area contributed by atoms with E-state index in [4.69, 9.17) is 4.74 Å². The minimum atomic E-state index is -3.34. The standard InChI is InChI=1S/C21H27N3O4S/c1-3-24(29(26,27)4-2)20-9-5-17(6-10-20)21(25)22-18-7-11-19(12-8-18)23-13-15-28-16-14-23/h5-12H,3-4,13-16H2,1-2H3,(H,22,25). The molecule has 29 heavy (non-hydrogen) atoms. The van der Waals surface area contributed by atoms with E-state index in [1.807, 2.05) is 24.3 Å². The van der Waals surface area contributed by atoms with Gasteiger partial charge in [-0.2, -0.15) is 0 Å². The lowest BCUT2D eigenvalue weighted by atomic mass is 10.2. The Labute approximate surface area is 172 Å². The molecule has 1 aliphatic rings. The lowest BCUT2D eigenvalue weighted by Crippen LogP contribution is -2.36. The molecule has 1 heterocycles. The Morgan fingerprint density at radius 3 is 2.21 bits per heavy atom. The van der Waals surface area contributed by atoms with Gasteiger partial charge in [0.05, 0.1) is 24.7 Å². The molecule has 3 rings (SSSR count). The Bertz CT molecular complexity index is 921. The van der Waals surface area contributed by atoms with Crippen molar-refractivity contribution in [3.63, 3.8) is 0 Å². The van der Waals surface area contributed by atoms with Crippen molar-refractivity contribution >= 4 is 33.0 Å². The molecule has 0 aliphatic carbocycles. The third-order valence-electron chi connectivity index (χ3n) is 4.91. The van der Waals surface area contributed by atoms with Gasteiger partial charge < -0.3 is 15.0 Å². The molecule has 0 atom stereocenters. The second-order valence-corrected chi connectivity index (χ2v) is 8.89. The van der Waals surface area contributed by atoms with Gasteiger partial charge in [-0.05, 0) is 62.4 Å². The number of carbonyl (C=O) groups excluding carboxylic acids is 1. The predicted molar refractivity (Wildman–Crippen MR) is 116 cm³/mol. The molecule has 0 unspecified atom stereocenters. The average molecular weight is 418 g/mol. The Balaban J connectivity index is 1.66. The summed E-state index contributed by atoms with van der Waals surface area (Å²) in [4.78, 5) is 14.8. The SMILES string of the molecule is CCN(c1ccc(C(=O)Nc2ccc(N3CCOCC3)cc2)cc1)S(=O)(=O)CC. The molecular weight excluding hydrogens is 390 g/mol. The molecule has 7 nitrogen and oxygen atoms in total. The van der Waals surface area contributed by atoms with Gasteiger partial charge in [-0.1, -0.05) is 0 Å². The monoisotopic (exact) mass is 417 g/mol. The van der Waals surface area contributed by atoms with Crippen LogP contribution in [0.1, 0.15) is 24.2 Å². The second kappa shape index (κ2) is 9.28. The number of sulfonamides is 1. The Morgan fingerprint density at radius 1 is 1.03 bits per heavy atom. The van der Waals surface area contributed by atoms with Crippen LogP contribution < -0.4 is 14.5 Å². The van der Waals surface area contributed by atoms with Crippen molar-refractivity contribution in [1.82, 2.24) is 0 Å². The van der Waals surface area contributed by atoms with Gasteiger partial charge in [0.15, 0.2) is 0 Å². The van der Waals surface area contributed by atoms with Crippen LogP contribution in [0.15, 0.2) is 48.5 Å². The molecule has 1 saturated heterocycles. The van der Waals surface area contributed by atoms with Crippen LogP contribution >= 0.6 is 0 Å². The topological polar surface area (TPSA) is 79.0 Å². The molecule has 156 valence electrons. The molecule has 0 bridgehead atoms. The van der Waals surface area contributed by atoms with Crippen LogP contribution in [0.3, 0.4) is 0 Å². The number of hydrogen-bond donors (Lipinski definition) is 1. The number of ether oxygens (including phenoxy) is 1. The van der Waals surface area contributed by atoms with E-state index < -0.39 is 10.0 Å². The zero-order valence-corrected chi connectivity index (χ0v) is 17.6. The number of benzene rings is 2. The van der Waals surface area contributed by atoms with E-state index in [1.54, 1.807) is 38.1 Å². The molecule has 1 amide bonds. The van der Waals surface area contributed by atoms with Crippen molar-refractivity contribution < 1.29 is 17.9 Å². The number of nitrogens with one attached hydrogen (secondary N) is 1. The molecule has 1 N–H and O–H groups in total. The molecule has 1 fully saturated rings. The van der Waals surface area contributed by atoms with Crippen molar-refractivity contribution in [2.24, 2.45) is 0 Å². The third-order valence-corrected chi connectivity index (χ3v) is 6.78. The number of anilines is 3. The highest BCUT2D eigenvalue weighted by Crippen LogP contribution is 2.21. The van der Waals surface area contributed by atoms with E-state index in [0.717, 1.165) is 32.0 Å². The predicted octanol–water partition coefficient (Wildman–Crippen LogP) is 2.95. The Morgan fingerprint density at radius 2 is 1.66 bits per heavy atom. The number of morpholine rings is 1. The fourth-order valence-electron chi connectivity index (χ4n) is 3.26. The van der Waals surface area contributed by atoms with E-state index in [1.165, 1.54) is 4.31 Å². The lowest BCUT2D eigenvalue weighted by Gasteiger charge is -2.28. The molecule has 0 saturated carbocycles. The van der Waals surface area contributed by atoms with Crippen molar-refractivity contribution in [2.75, 3.05) is 53.1 Å². The zero-order chi connectivity index (χ0) is 20.9. The summed E-state index contributed by atoms with van der Waals surface area (Å²) in [6.07, 6.45) is 0. The van der Waals surface area contributed by atoms with Gasteiger partial charge in [-0.25, -0.2) is 8.42 Å². The molecule has 0 radical (unpaired) electrons. The number of hydrogen-bond acceptors (Lipinski definition) is 5. The van der Waals surface area contributed by atoms with E-state index >= 15 is 0 Å². The first-order chi connectivity index (χ1) is 13.9. The van der Waals surface area contributed by atoms with Crippen molar-refractivity contribution in [1.29, 1.82) is 0 Å². The van der Waals surface area contributed by atoms with Crippen molar-refractivity contribution in [3.8, 4) is 0 Å². The fourth-order valence-corrected chi connectivity index (χ4v) is 4.40. The maximum absolute atomic E-state index is 12.5. The maximum atomic E-state index is 12.5. The van der Waals surface area contributed by atoms with E-state index in [0.29, 0.717) is 23.5 Å². The summed E-state index contributed by atoms with van der Waals surface area (Å²) in [5, 5.41) is 2.88. The quantitative estimate of drug-likeness (QED) is 0.749. The van der Waals surface area contributed by atoms with Gasteiger partial charge in [0.25, 0.3) is 5.91 Å². The molecule has 0 spiro atoms. The number of amides is 1. The van der Waals surface area contributed by atoms with E-state index in [-0.39, 0.29) is 11.7 Å². The van der Waals surface area contributed by atoms with Gasteiger partial charge >= 0.3 is 0 Å². The summed E-state index contributed by atoms with van der Waals surface area (Å²) in [5.74, 6) is -0.208. The maximum Gasteiger partial charge on any atom is 0.255 e. The minimum absolute atomic E-state index is 0.0313. The lowest BCUT2D eigenvalue weighted by molar-refractivity contribution is 0.102. The van der Waals surface area contributed by atoms with Crippen LogP contribution in [0.2, 0.25) is 0 Å². The third kappa shape index (κ3) is 5.07. The molecule has 0 aromatic heterocycles. The van der Waals surface area contributed by atoms with Crippen molar-refractivity contribution in [3.05, 3.63) is 54.1 Å². The van der Waals surface area contributed by atoms with Gasteiger partial charge in [-0.15, -0.1) is 0 Å². The van der Waals surface area contributed by atoms with Crippen molar-refractivity contribution in [2.45, 2.75) is 13.8 Å². The van der Waals surface area contributed by atoms with Gasteiger partial charge in [0.1, 0.15) is 0 Å². The average Bonchev–Trinajstić information content (AvgIpc) is 2.75. The van der Waals surface area contributed by atoms with Crippen LogP contribution in [0, 0.1) is 0 Å². The summed E-state index contributed by atoms with van der Waals surface area (Å²) < 4.78 is 31.1. The summed E-state index contributed by atoms with van der Waals surface area (Å²) in [6, 6.07) is 14.3. The van der Waals surface area contributed by atoms with Gasteiger partial charge in [-0.3, -0.25) is 9.10 Å². The smallest absolute Gasteiger partial charge is 0.255 e. The van der Waals surface area contributed by atoms with Crippen LogP contribution in [-0.2, 0) is 14.8 Å². The molecule has 2 aromatic rings. The largest absolute Gasteiger partial charge is 0.378 e. The zero-order valence-electron chi connectivity index (χ0n) is 16.8. The first-order valence-corrected chi connectivity index (χ1v) is 11.4. The second-order valence-electron chi connectivity index (χ2n) is 6.71. The first-order valence-electron chi connectivity index (χ1n) is 9.79. The summed E-state index contributed by atoms with van der Waals surface area (Å²) >= 11 is 0. The van der Waals surface area contributed by atoms with Crippen LogP contribution in [0.25, 0.3) is 0 Å². The molecule has 1 aliphatic heterocycles. The Hall–Kier alpha value is -2.58. The van der Waals surface area contributed by atoms with Crippen LogP contribution in [0.4, 0.5) is 17.1 Å². The highest BCUT2D eigenvalue weighted by atomic mass is 32.2. The van der Waals surface area contributed by atoms with Crippen LogP contribution in [-0.4, -0.2) is 52.9 Å². The number of rotatable bonds is 7. The van der Waals surface area contributed by atoms with Crippen LogP contribution in [0.5, 0.6) is 0 Å². The highest BCUT2D eigenvalue weighted by Gasteiger charge is 2.19. The van der Waals surface area contributed by atoms with E-state index in [2.05, 4.69) is 10.2 Å². The summed E-state index contributed by atoms with van der Waals surface area (Å²) in [6.45, 7) is 6.92. The molecule has 2 aromatic carbocycles. The fraction of sp³-hybridized carbons (Fsp3) is 0.381.